The molecule has 0 atom stereocenters. The van der Waals surface area contributed by atoms with Gasteiger partial charge in [-0.1, -0.05) is 31.0 Å². The summed E-state index contributed by atoms with van der Waals surface area (Å²) in [6.45, 7) is 8.34. The summed E-state index contributed by atoms with van der Waals surface area (Å²) in [7, 11) is 0. The zero-order valence-corrected chi connectivity index (χ0v) is 16.2. The van der Waals surface area contributed by atoms with E-state index in [-0.39, 0.29) is 18.0 Å². The first-order valence-electron chi connectivity index (χ1n) is 9.23. The second-order valence-corrected chi connectivity index (χ2v) is 6.81. The lowest BCUT2D eigenvalue weighted by Gasteiger charge is -2.07. The van der Waals surface area contributed by atoms with Crippen molar-refractivity contribution in [2.24, 2.45) is 0 Å². The number of rotatable bonds is 6. The number of aryl methyl sites for hydroxylation is 3. The van der Waals surface area contributed by atoms with E-state index in [1.54, 1.807) is 4.68 Å². The molecule has 0 bridgehead atoms. The number of nitrogens with zero attached hydrogens (tertiary/aromatic N) is 4. The second kappa shape index (κ2) is 7.73. The van der Waals surface area contributed by atoms with E-state index in [9.17, 15) is 9.59 Å². The molecule has 1 N–H and O–H groups in total. The highest BCUT2D eigenvalue weighted by atomic mass is 16.2. The summed E-state index contributed by atoms with van der Waals surface area (Å²) in [5.74, 6) is -0.216. The van der Waals surface area contributed by atoms with E-state index in [1.807, 2.05) is 45.0 Å². The summed E-state index contributed by atoms with van der Waals surface area (Å²) < 4.78 is 2.96. The van der Waals surface area contributed by atoms with Gasteiger partial charge in [-0.25, -0.2) is 9.36 Å². The number of hydrogen-bond acceptors (Lipinski definition) is 4. The zero-order valence-electron chi connectivity index (χ0n) is 16.2. The monoisotopic (exact) mass is 367 g/mol. The van der Waals surface area contributed by atoms with Crippen molar-refractivity contribution in [2.45, 2.75) is 47.1 Å². The Morgan fingerprint density at radius 3 is 2.48 bits per heavy atom. The molecule has 0 saturated carbocycles. The average Bonchev–Trinajstić information content (AvgIpc) is 2.98. The predicted molar refractivity (Wildman–Crippen MR) is 105 cm³/mol. The fourth-order valence-electron chi connectivity index (χ4n) is 3.12. The highest BCUT2D eigenvalue weighted by Crippen LogP contribution is 2.21. The molecule has 0 radical (unpaired) electrons. The largest absolute Gasteiger partial charge is 0.354 e. The number of fused-ring (bicyclic) bond motifs is 1. The molecule has 0 fully saturated rings. The lowest BCUT2D eigenvalue weighted by molar-refractivity contribution is -0.121. The number of carbonyl (C=O) groups is 1. The highest BCUT2D eigenvalue weighted by Gasteiger charge is 2.18. The molecule has 0 saturated heterocycles. The lowest BCUT2D eigenvalue weighted by Crippen LogP contribution is -2.34. The molecule has 0 unspecified atom stereocenters. The van der Waals surface area contributed by atoms with Crippen LogP contribution in [0.2, 0.25) is 0 Å². The van der Waals surface area contributed by atoms with Gasteiger partial charge in [-0.3, -0.25) is 9.59 Å². The summed E-state index contributed by atoms with van der Waals surface area (Å²) in [6, 6.07) is 7.95. The zero-order chi connectivity index (χ0) is 19.6. The number of amides is 1. The van der Waals surface area contributed by atoms with Crippen LogP contribution in [0.25, 0.3) is 16.6 Å². The molecular formula is C20H25N5O2. The Bertz CT molecular complexity index is 1030. The molecule has 3 rings (SSSR count). The fraction of sp³-hybridized carbons (Fsp3) is 0.400. The van der Waals surface area contributed by atoms with Crippen molar-refractivity contribution in [1.29, 1.82) is 0 Å². The SMILES string of the molecule is CCCCNC(=O)Cn1nc(C)c2c(C)n(-c3ccc(C)cc3)nc2c1=O. The molecule has 2 aromatic heterocycles. The minimum atomic E-state index is -0.352. The highest BCUT2D eigenvalue weighted by molar-refractivity contribution is 5.83. The van der Waals surface area contributed by atoms with Gasteiger partial charge in [-0.15, -0.1) is 0 Å². The Morgan fingerprint density at radius 1 is 1.11 bits per heavy atom. The van der Waals surface area contributed by atoms with Gasteiger partial charge in [0.15, 0.2) is 5.52 Å². The predicted octanol–water partition coefficient (Wildman–Crippen LogP) is 2.42. The van der Waals surface area contributed by atoms with Crippen LogP contribution in [0.15, 0.2) is 29.1 Å². The number of aromatic nitrogens is 4. The number of nitrogens with one attached hydrogen (secondary N) is 1. The maximum Gasteiger partial charge on any atom is 0.295 e. The number of carbonyl (C=O) groups excluding carboxylic acids is 1. The molecule has 0 aliphatic rings. The molecule has 0 aliphatic carbocycles. The van der Waals surface area contributed by atoms with Crippen molar-refractivity contribution >= 4 is 16.8 Å². The second-order valence-electron chi connectivity index (χ2n) is 6.81. The summed E-state index contributed by atoms with van der Waals surface area (Å²) >= 11 is 0. The summed E-state index contributed by atoms with van der Waals surface area (Å²) in [5.41, 5.74) is 3.56. The Balaban J connectivity index is 2.00. The van der Waals surface area contributed by atoms with E-state index in [0.29, 0.717) is 17.8 Å². The average molecular weight is 367 g/mol. The maximum atomic E-state index is 12.8. The first kappa shape index (κ1) is 18.8. The molecule has 27 heavy (non-hydrogen) atoms. The summed E-state index contributed by atoms with van der Waals surface area (Å²) in [6.07, 6.45) is 1.91. The maximum absolute atomic E-state index is 12.8. The van der Waals surface area contributed by atoms with Gasteiger partial charge >= 0.3 is 0 Å². The van der Waals surface area contributed by atoms with Gasteiger partial charge in [0.05, 0.1) is 22.5 Å². The van der Waals surface area contributed by atoms with Crippen LogP contribution in [-0.4, -0.2) is 32.0 Å². The molecule has 142 valence electrons. The van der Waals surface area contributed by atoms with Gasteiger partial charge < -0.3 is 5.32 Å². The van der Waals surface area contributed by atoms with Crippen molar-refractivity contribution < 1.29 is 4.79 Å². The van der Waals surface area contributed by atoms with Crippen LogP contribution in [0.5, 0.6) is 0 Å². The van der Waals surface area contributed by atoms with Crippen LogP contribution in [0.1, 0.15) is 36.7 Å². The van der Waals surface area contributed by atoms with Crippen LogP contribution in [-0.2, 0) is 11.3 Å². The Labute approximate surface area is 158 Å². The number of unbranched alkanes of at least 4 members (excludes halogenated alkanes) is 1. The Kier molecular flexibility index (Phi) is 5.39. The van der Waals surface area contributed by atoms with E-state index in [0.717, 1.165) is 35.2 Å². The van der Waals surface area contributed by atoms with Crippen molar-refractivity contribution in [3.05, 3.63) is 51.6 Å². The molecule has 0 spiro atoms. The Hall–Kier alpha value is -2.96. The van der Waals surface area contributed by atoms with Crippen LogP contribution in [0.4, 0.5) is 0 Å². The molecule has 1 amide bonds. The van der Waals surface area contributed by atoms with Crippen LogP contribution < -0.4 is 10.9 Å². The third-order valence-corrected chi connectivity index (χ3v) is 4.61. The smallest absolute Gasteiger partial charge is 0.295 e. The van der Waals surface area contributed by atoms with Crippen LogP contribution >= 0.6 is 0 Å². The van der Waals surface area contributed by atoms with Crippen LogP contribution in [0.3, 0.4) is 0 Å². The first-order chi connectivity index (χ1) is 12.9. The summed E-state index contributed by atoms with van der Waals surface area (Å²) in [5, 5.41) is 12.4. The van der Waals surface area contributed by atoms with Gasteiger partial charge in [0.1, 0.15) is 6.54 Å². The Morgan fingerprint density at radius 2 is 1.81 bits per heavy atom. The van der Waals surface area contributed by atoms with E-state index >= 15 is 0 Å². The molecule has 7 heteroatoms. The third-order valence-electron chi connectivity index (χ3n) is 4.61. The van der Waals surface area contributed by atoms with E-state index in [2.05, 4.69) is 22.4 Å². The normalized spacial score (nSPS) is 11.1. The standard InChI is InChI=1S/C20H25N5O2/c1-5-6-11-21-17(26)12-24-20(27)19-18(14(3)22-24)15(4)25(23-19)16-9-7-13(2)8-10-16/h7-10H,5-6,11-12H2,1-4H3,(H,21,26). The number of hydrogen-bond donors (Lipinski definition) is 1. The fourth-order valence-corrected chi connectivity index (χ4v) is 3.12. The van der Waals surface area contributed by atoms with Gasteiger partial charge in [0.25, 0.3) is 5.56 Å². The lowest BCUT2D eigenvalue weighted by atomic mass is 10.2. The third kappa shape index (κ3) is 3.77. The van der Waals surface area contributed by atoms with E-state index in [1.165, 1.54) is 4.68 Å². The minimum Gasteiger partial charge on any atom is -0.354 e. The quantitative estimate of drug-likeness (QED) is 0.679. The molecule has 7 nitrogen and oxygen atoms in total. The number of benzene rings is 1. The van der Waals surface area contributed by atoms with Gasteiger partial charge in [-0.05, 0) is 39.3 Å². The van der Waals surface area contributed by atoms with Crippen LogP contribution in [0, 0.1) is 20.8 Å². The van der Waals surface area contributed by atoms with Gasteiger partial charge in [0, 0.05) is 6.54 Å². The van der Waals surface area contributed by atoms with E-state index < -0.39 is 0 Å². The van der Waals surface area contributed by atoms with Crippen molar-refractivity contribution in [1.82, 2.24) is 24.9 Å². The minimum absolute atomic E-state index is 0.101. The molecule has 3 aromatic rings. The van der Waals surface area contributed by atoms with Gasteiger partial charge in [0.2, 0.25) is 5.91 Å². The van der Waals surface area contributed by atoms with Crippen molar-refractivity contribution in [2.75, 3.05) is 6.54 Å². The molecule has 1 aromatic carbocycles. The van der Waals surface area contributed by atoms with Crippen molar-refractivity contribution in [3.8, 4) is 5.69 Å². The topological polar surface area (TPSA) is 81.8 Å². The van der Waals surface area contributed by atoms with E-state index in [4.69, 9.17) is 0 Å². The first-order valence-corrected chi connectivity index (χ1v) is 9.23. The van der Waals surface area contributed by atoms with Crippen molar-refractivity contribution in [3.63, 3.8) is 0 Å². The van der Waals surface area contributed by atoms with Gasteiger partial charge in [-0.2, -0.15) is 10.2 Å². The molecular weight excluding hydrogens is 342 g/mol. The molecule has 0 aliphatic heterocycles. The summed E-state index contributed by atoms with van der Waals surface area (Å²) in [4.78, 5) is 24.9. The molecule has 2 heterocycles.